The minimum Gasteiger partial charge on any atom is -0.396 e. The van der Waals surface area contributed by atoms with E-state index in [1.54, 1.807) is 0 Å². The van der Waals surface area contributed by atoms with Crippen LogP contribution in [-0.4, -0.2) is 24.8 Å². The SMILES string of the molecule is CCCCCCCNCCCCCCCCCCCCO. The molecule has 0 aromatic rings. The molecule has 0 spiro atoms. The lowest BCUT2D eigenvalue weighted by Gasteiger charge is -2.05. The fraction of sp³-hybridized carbons (Fsp3) is 1.00. The topological polar surface area (TPSA) is 32.3 Å². The Morgan fingerprint density at radius 3 is 1.33 bits per heavy atom. The highest BCUT2D eigenvalue weighted by atomic mass is 16.2. The maximum Gasteiger partial charge on any atom is 0.0431 e. The summed E-state index contributed by atoms with van der Waals surface area (Å²) < 4.78 is 0. The Labute approximate surface area is 134 Å². The third-order valence-corrected chi connectivity index (χ3v) is 4.22. The van der Waals surface area contributed by atoms with E-state index in [0.717, 1.165) is 6.42 Å². The number of nitrogens with one attached hydrogen (secondary N) is 1. The van der Waals surface area contributed by atoms with Crippen molar-refractivity contribution in [1.29, 1.82) is 0 Å². The van der Waals surface area contributed by atoms with Crippen molar-refractivity contribution in [2.45, 2.75) is 103 Å². The van der Waals surface area contributed by atoms with Crippen LogP contribution in [0.25, 0.3) is 0 Å². The van der Waals surface area contributed by atoms with Crippen LogP contribution in [0.4, 0.5) is 0 Å². The zero-order valence-corrected chi connectivity index (χ0v) is 14.7. The van der Waals surface area contributed by atoms with Gasteiger partial charge in [0.25, 0.3) is 0 Å². The molecule has 21 heavy (non-hydrogen) atoms. The molecule has 0 bridgehead atoms. The van der Waals surface area contributed by atoms with E-state index in [4.69, 9.17) is 5.11 Å². The van der Waals surface area contributed by atoms with Gasteiger partial charge in [-0.25, -0.2) is 0 Å². The molecular weight excluding hydrogens is 258 g/mol. The molecule has 0 rings (SSSR count). The van der Waals surface area contributed by atoms with Crippen molar-refractivity contribution in [1.82, 2.24) is 5.32 Å². The third kappa shape index (κ3) is 19.9. The van der Waals surface area contributed by atoms with Gasteiger partial charge in [-0.15, -0.1) is 0 Å². The summed E-state index contributed by atoms with van der Waals surface area (Å²) >= 11 is 0. The van der Waals surface area contributed by atoms with Crippen molar-refractivity contribution in [3.63, 3.8) is 0 Å². The van der Waals surface area contributed by atoms with Gasteiger partial charge in [0.2, 0.25) is 0 Å². The normalized spacial score (nSPS) is 11.1. The van der Waals surface area contributed by atoms with Crippen molar-refractivity contribution in [2.24, 2.45) is 0 Å². The second-order valence-electron chi connectivity index (χ2n) is 6.42. The zero-order valence-electron chi connectivity index (χ0n) is 14.7. The van der Waals surface area contributed by atoms with Crippen LogP contribution in [0.15, 0.2) is 0 Å². The van der Waals surface area contributed by atoms with E-state index in [0.29, 0.717) is 6.61 Å². The molecule has 0 fully saturated rings. The Hall–Kier alpha value is -0.0800. The molecule has 128 valence electrons. The van der Waals surface area contributed by atoms with Crippen LogP contribution in [0.5, 0.6) is 0 Å². The van der Waals surface area contributed by atoms with Gasteiger partial charge < -0.3 is 10.4 Å². The molecule has 0 atom stereocenters. The van der Waals surface area contributed by atoms with Crippen molar-refractivity contribution in [3.05, 3.63) is 0 Å². The molecule has 0 aromatic carbocycles. The molecule has 2 heteroatoms. The Morgan fingerprint density at radius 1 is 0.524 bits per heavy atom. The van der Waals surface area contributed by atoms with Gasteiger partial charge in [0.05, 0.1) is 0 Å². The van der Waals surface area contributed by atoms with Gasteiger partial charge in [-0.2, -0.15) is 0 Å². The second kappa shape index (κ2) is 19.9. The Balaban J connectivity index is 2.90. The van der Waals surface area contributed by atoms with Crippen LogP contribution in [0.1, 0.15) is 103 Å². The summed E-state index contributed by atoms with van der Waals surface area (Å²) in [7, 11) is 0. The number of hydrogen-bond donors (Lipinski definition) is 2. The monoisotopic (exact) mass is 299 g/mol. The Bertz CT molecular complexity index is 155. The molecule has 0 radical (unpaired) electrons. The van der Waals surface area contributed by atoms with Crippen LogP contribution < -0.4 is 5.32 Å². The highest BCUT2D eigenvalue weighted by molar-refractivity contribution is 4.52. The van der Waals surface area contributed by atoms with E-state index in [1.807, 2.05) is 0 Å². The maximum absolute atomic E-state index is 8.69. The van der Waals surface area contributed by atoms with Gasteiger partial charge in [0.15, 0.2) is 0 Å². The standard InChI is InChI=1S/C19H41NO/c1-2-3-4-11-14-17-20-18-15-12-9-7-5-6-8-10-13-16-19-21/h20-21H,2-19H2,1H3. The first-order valence-corrected chi connectivity index (χ1v) is 9.73. The molecule has 0 amide bonds. The van der Waals surface area contributed by atoms with E-state index in [1.165, 1.54) is 103 Å². The van der Waals surface area contributed by atoms with Crippen LogP contribution >= 0.6 is 0 Å². The first-order valence-electron chi connectivity index (χ1n) is 9.73. The fourth-order valence-electron chi connectivity index (χ4n) is 2.75. The molecule has 0 aliphatic heterocycles. The zero-order chi connectivity index (χ0) is 15.4. The molecule has 0 aliphatic carbocycles. The third-order valence-electron chi connectivity index (χ3n) is 4.22. The van der Waals surface area contributed by atoms with Crippen LogP contribution in [-0.2, 0) is 0 Å². The fourth-order valence-corrected chi connectivity index (χ4v) is 2.75. The van der Waals surface area contributed by atoms with E-state index >= 15 is 0 Å². The minimum absolute atomic E-state index is 0.368. The first-order chi connectivity index (χ1) is 10.4. The van der Waals surface area contributed by atoms with Gasteiger partial charge in [-0.05, 0) is 32.4 Å². The number of hydrogen-bond acceptors (Lipinski definition) is 2. The highest BCUT2D eigenvalue weighted by Gasteiger charge is 1.94. The molecular formula is C19H41NO. The van der Waals surface area contributed by atoms with Crippen molar-refractivity contribution < 1.29 is 5.11 Å². The summed E-state index contributed by atoms with van der Waals surface area (Å²) in [5, 5.41) is 12.3. The van der Waals surface area contributed by atoms with E-state index < -0.39 is 0 Å². The lowest BCUT2D eigenvalue weighted by atomic mass is 10.1. The number of aliphatic hydroxyl groups excluding tert-OH is 1. The van der Waals surface area contributed by atoms with E-state index in [-0.39, 0.29) is 0 Å². The molecule has 0 heterocycles. The largest absolute Gasteiger partial charge is 0.396 e. The van der Waals surface area contributed by atoms with Crippen molar-refractivity contribution >= 4 is 0 Å². The molecule has 2 nitrogen and oxygen atoms in total. The quantitative estimate of drug-likeness (QED) is 0.330. The van der Waals surface area contributed by atoms with Gasteiger partial charge in [0.1, 0.15) is 0 Å². The van der Waals surface area contributed by atoms with Gasteiger partial charge in [0, 0.05) is 6.61 Å². The van der Waals surface area contributed by atoms with Crippen LogP contribution in [0.3, 0.4) is 0 Å². The predicted octanol–water partition coefficient (Wildman–Crippen LogP) is 5.44. The van der Waals surface area contributed by atoms with Crippen molar-refractivity contribution in [2.75, 3.05) is 19.7 Å². The second-order valence-corrected chi connectivity index (χ2v) is 6.42. The van der Waals surface area contributed by atoms with E-state index in [2.05, 4.69) is 12.2 Å². The van der Waals surface area contributed by atoms with Gasteiger partial charge in [-0.1, -0.05) is 84.0 Å². The number of unbranched alkanes of at least 4 members (excludes halogenated alkanes) is 13. The summed E-state index contributed by atoms with van der Waals surface area (Å²) in [5.74, 6) is 0. The predicted molar refractivity (Wildman–Crippen MR) is 94.9 cm³/mol. The number of rotatable bonds is 18. The number of aliphatic hydroxyl groups is 1. The van der Waals surface area contributed by atoms with E-state index in [9.17, 15) is 0 Å². The van der Waals surface area contributed by atoms with Crippen LogP contribution in [0.2, 0.25) is 0 Å². The lowest BCUT2D eigenvalue weighted by Crippen LogP contribution is -2.16. The average molecular weight is 300 g/mol. The smallest absolute Gasteiger partial charge is 0.0431 e. The summed E-state index contributed by atoms with van der Waals surface area (Å²) in [6.45, 7) is 5.08. The molecule has 0 saturated heterocycles. The summed E-state index contributed by atoms with van der Waals surface area (Å²) in [5.41, 5.74) is 0. The van der Waals surface area contributed by atoms with Gasteiger partial charge >= 0.3 is 0 Å². The lowest BCUT2D eigenvalue weighted by molar-refractivity contribution is 0.282. The summed E-state index contributed by atoms with van der Waals surface area (Å²) in [4.78, 5) is 0. The van der Waals surface area contributed by atoms with Crippen molar-refractivity contribution in [3.8, 4) is 0 Å². The van der Waals surface area contributed by atoms with Crippen LogP contribution in [0, 0.1) is 0 Å². The Kier molecular flexibility index (Phi) is 19.8. The molecule has 0 aliphatic rings. The minimum atomic E-state index is 0.368. The highest BCUT2D eigenvalue weighted by Crippen LogP contribution is 2.10. The first kappa shape index (κ1) is 20.9. The molecule has 2 N–H and O–H groups in total. The summed E-state index contributed by atoms with van der Waals surface area (Å²) in [6.07, 6.45) is 20.2. The molecule has 0 saturated carbocycles. The average Bonchev–Trinajstić information content (AvgIpc) is 2.50. The molecule has 0 unspecified atom stereocenters. The molecule has 0 aromatic heterocycles. The summed E-state index contributed by atoms with van der Waals surface area (Å²) in [6, 6.07) is 0. The Morgan fingerprint density at radius 2 is 0.905 bits per heavy atom. The maximum atomic E-state index is 8.69. The van der Waals surface area contributed by atoms with Gasteiger partial charge in [-0.3, -0.25) is 0 Å².